The summed E-state index contributed by atoms with van der Waals surface area (Å²) in [5, 5.41) is 5.48. The van der Waals surface area contributed by atoms with Crippen molar-refractivity contribution < 1.29 is 9.59 Å². The van der Waals surface area contributed by atoms with Crippen LogP contribution in [0.15, 0.2) is 0 Å². The van der Waals surface area contributed by atoms with E-state index in [1.807, 2.05) is 0 Å². The average Bonchev–Trinajstić information content (AvgIpc) is 2.95. The van der Waals surface area contributed by atoms with Crippen molar-refractivity contribution in [2.24, 2.45) is 0 Å². The summed E-state index contributed by atoms with van der Waals surface area (Å²) in [5.41, 5.74) is 0. The van der Waals surface area contributed by atoms with Gasteiger partial charge in [0.05, 0.1) is 0 Å². The molecule has 1 aliphatic carbocycles. The monoisotopic (exact) mass is 218 g/mol. The molecule has 0 aromatic carbocycles. The molecule has 1 fully saturated rings. The SMILES string of the molecule is O=C(CCl)NCCCC(=O)NC1CC1. The minimum Gasteiger partial charge on any atom is -0.355 e. The maximum Gasteiger partial charge on any atom is 0.234 e. The first-order chi connectivity index (χ1) is 6.72. The molecule has 0 aliphatic heterocycles. The normalized spacial score (nSPS) is 14.9. The third-order valence-corrected chi connectivity index (χ3v) is 2.21. The van der Waals surface area contributed by atoms with Crippen molar-refractivity contribution in [3.63, 3.8) is 0 Å². The number of hydrogen-bond donors (Lipinski definition) is 2. The molecule has 0 aromatic rings. The van der Waals surface area contributed by atoms with Gasteiger partial charge in [-0.1, -0.05) is 0 Å². The van der Waals surface area contributed by atoms with E-state index in [2.05, 4.69) is 10.6 Å². The molecule has 0 atom stereocenters. The fourth-order valence-corrected chi connectivity index (χ4v) is 1.15. The minimum atomic E-state index is -0.186. The van der Waals surface area contributed by atoms with Crippen LogP contribution in [-0.4, -0.2) is 30.3 Å². The van der Waals surface area contributed by atoms with Crippen molar-refractivity contribution in [3.8, 4) is 0 Å². The third-order valence-electron chi connectivity index (χ3n) is 1.97. The fraction of sp³-hybridized carbons (Fsp3) is 0.778. The second kappa shape index (κ2) is 5.86. The zero-order valence-corrected chi connectivity index (χ0v) is 8.77. The van der Waals surface area contributed by atoms with Crippen molar-refractivity contribution >= 4 is 23.4 Å². The maximum absolute atomic E-state index is 11.2. The lowest BCUT2D eigenvalue weighted by Crippen LogP contribution is -2.28. The summed E-state index contributed by atoms with van der Waals surface area (Å²) in [4.78, 5) is 21.9. The van der Waals surface area contributed by atoms with Gasteiger partial charge in [0.1, 0.15) is 5.88 Å². The van der Waals surface area contributed by atoms with E-state index in [0.29, 0.717) is 25.4 Å². The topological polar surface area (TPSA) is 58.2 Å². The Morgan fingerprint density at radius 1 is 1.29 bits per heavy atom. The standard InChI is InChI=1S/C9H15ClN2O2/c10-6-9(14)11-5-1-2-8(13)12-7-3-4-7/h7H,1-6H2,(H,11,14)(H,12,13). The van der Waals surface area contributed by atoms with E-state index in [1.165, 1.54) is 0 Å². The van der Waals surface area contributed by atoms with E-state index in [0.717, 1.165) is 12.8 Å². The highest BCUT2D eigenvalue weighted by Crippen LogP contribution is 2.18. The summed E-state index contributed by atoms with van der Waals surface area (Å²) in [5.74, 6) is -0.129. The largest absolute Gasteiger partial charge is 0.355 e. The molecule has 0 spiro atoms. The molecule has 1 aliphatic rings. The Balaban J connectivity index is 1.91. The Bertz CT molecular complexity index is 217. The Hall–Kier alpha value is -0.770. The molecule has 4 nitrogen and oxygen atoms in total. The second-order valence-corrected chi connectivity index (χ2v) is 3.70. The predicted octanol–water partition coefficient (Wildman–Crippen LogP) is 0.400. The Labute approximate surface area is 88.4 Å². The molecule has 0 saturated heterocycles. The van der Waals surface area contributed by atoms with Crippen LogP contribution in [0.1, 0.15) is 25.7 Å². The molecule has 0 unspecified atom stereocenters. The van der Waals surface area contributed by atoms with E-state index in [9.17, 15) is 9.59 Å². The maximum atomic E-state index is 11.2. The van der Waals surface area contributed by atoms with Gasteiger partial charge in [0.2, 0.25) is 11.8 Å². The summed E-state index contributed by atoms with van der Waals surface area (Å²) in [6, 6.07) is 0.417. The van der Waals surface area contributed by atoms with Gasteiger partial charge in [-0.25, -0.2) is 0 Å². The molecule has 0 radical (unpaired) electrons. The van der Waals surface area contributed by atoms with E-state index < -0.39 is 0 Å². The van der Waals surface area contributed by atoms with Crippen LogP contribution in [0, 0.1) is 0 Å². The highest BCUT2D eigenvalue weighted by atomic mass is 35.5. The molecular formula is C9H15ClN2O2. The number of carbonyl (C=O) groups excluding carboxylic acids is 2. The van der Waals surface area contributed by atoms with Gasteiger partial charge in [-0.15, -0.1) is 11.6 Å². The third kappa shape index (κ3) is 5.07. The van der Waals surface area contributed by atoms with Gasteiger partial charge in [0, 0.05) is 19.0 Å². The van der Waals surface area contributed by atoms with E-state index in [4.69, 9.17) is 11.6 Å². The Morgan fingerprint density at radius 3 is 2.57 bits per heavy atom. The summed E-state index contributed by atoms with van der Waals surface area (Å²) in [6.45, 7) is 0.518. The zero-order chi connectivity index (χ0) is 10.4. The van der Waals surface area contributed by atoms with Crippen LogP contribution in [-0.2, 0) is 9.59 Å². The summed E-state index contributed by atoms with van der Waals surface area (Å²) in [6.07, 6.45) is 3.35. The summed E-state index contributed by atoms with van der Waals surface area (Å²) >= 11 is 5.28. The molecule has 2 N–H and O–H groups in total. The number of halogens is 1. The zero-order valence-electron chi connectivity index (χ0n) is 8.01. The number of hydrogen-bond acceptors (Lipinski definition) is 2. The number of nitrogens with one attached hydrogen (secondary N) is 2. The lowest BCUT2D eigenvalue weighted by Gasteiger charge is -2.03. The lowest BCUT2D eigenvalue weighted by molar-refractivity contribution is -0.122. The van der Waals surface area contributed by atoms with Crippen molar-refractivity contribution in [1.82, 2.24) is 10.6 Å². The molecular weight excluding hydrogens is 204 g/mol. The van der Waals surface area contributed by atoms with Crippen LogP contribution >= 0.6 is 11.6 Å². The number of rotatable bonds is 6. The van der Waals surface area contributed by atoms with Gasteiger partial charge in [0.25, 0.3) is 0 Å². The van der Waals surface area contributed by atoms with Crippen LogP contribution in [0.3, 0.4) is 0 Å². The molecule has 5 heteroatoms. The first-order valence-electron chi connectivity index (χ1n) is 4.84. The molecule has 0 bridgehead atoms. The molecule has 0 heterocycles. The number of carbonyl (C=O) groups is 2. The molecule has 2 amide bonds. The number of alkyl halides is 1. The van der Waals surface area contributed by atoms with Crippen LogP contribution in [0.5, 0.6) is 0 Å². The highest BCUT2D eigenvalue weighted by molar-refractivity contribution is 6.27. The quantitative estimate of drug-likeness (QED) is 0.501. The van der Waals surface area contributed by atoms with Crippen LogP contribution in [0.4, 0.5) is 0 Å². The predicted molar refractivity (Wildman–Crippen MR) is 54.1 cm³/mol. The van der Waals surface area contributed by atoms with Crippen molar-refractivity contribution in [3.05, 3.63) is 0 Å². The van der Waals surface area contributed by atoms with Gasteiger partial charge in [-0.05, 0) is 19.3 Å². The first kappa shape index (κ1) is 11.3. The van der Waals surface area contributed by atoms with Crippen LogP contribution in [0.2, 0.25) is 0 Å². The van der Waals surface area contributed by atoms with Crippen LogP contribution in [0.25, 0.3) is 0 Å². The highest BCUT2D eigenvalue weighted by Gasteiger charge is 2.22. The minimum absolute atomic E-state index is 0.0196. The van der Waals surface area contributed by atoms with Gasteiger partial charge in [0.15, 0.2) is 0 Å². The molecule has 14 heavy (non-hydrogen) atoms. The first-order valence-corrected chi connectivity index (χ1v) is 5.38. The molecule has 1 rings (SSSR count). The molecule has 1 saturated carbocycles. The number of amides is 2. The average molecular weight is 219 g/mol. The second-order valence-electron chi connectivity index (χ2n) is 3.43. The van der Waals surface area contributed by atoms with Gasteiger partial charge in [-0.3, -0.25) is 9.59 Å². The van der Waals surface area contributed by atoms with Crippen molar-refractivity contribution in [2.75, 3.05) is 12.4 Å². The molecule has 0 aromatic heterocycles. The lowest BCUT2D eigenvalue weighted by atomic mass is 10.3. The van der Waals surface area contributed by atoms with E-state index in [-0.39, 0.29) is 17.7 Å². The van der Waals surface area contributed by atoms with Crippen molar-refractivity contribution in [2.45, 2.75) is 31.7 Å². The van der Waals surface area contributed by atoms with Gasteiger partial charge in [-0.2, -0.15) is 0 Å². The van der Waals surface area contributed by atoms with Crippen molar-refractivity contribution in [1.29, 1.82) is 0 Å². The van der Waals surface area contributed by atoms with E-state index in [1.54, 1.807) is 0 Å². The fourth-order valence-electron chi connectivity index (χ4n) is 1.05. The molecule has 80 valence electrons. The summed E-state index contributed by atoms with van der Waals surface area (Å²) < 4.78 is 0. The summed E-state index contributed by atoms with van der Waals surface area (Å²) in [7, 11) is 0. The van der Waals surface area contributed by atoms with Crippen LogP contribution < -0.4 is 10.6 Å². The van der Waals surface area contributed by atoms with Gasteiger partial charge < -0.3 is 10.6 Å². The van der Waals surface area contributed by atoms with E-state index >= 15 is 0 Å². The van der Waals surface area contributed by atoms with Gasteiger partial charge >= 0.3 is 0 Å². The Kier molecular flexibility index (Phi) is 4.73. The smallest absolute Gasteiger partial charge is 0.234 e. The Morgan fingerprint density at radius 2 is 2.00 bits per heavy atom.